The van der Waals surface area contributed by atoms with E-state index in [4.69, 9.17) is 21.1 Å². The number of methoxy groups -OCH3 is 1. The average molecular weight is 332 g/mol. The lowest BCUT2D eigenvalue weighted by molar-refractivity contribution is -0.126. The molecule has 2 aromatic carbocycles. The number of hydrogen-bond donors (Lipinski definition) is 1. The Morgan fingerprint density at radius 3 is 3.00 bits per heavy atom. The fraction of sp³-hybridized carbons (Fsp3) is 0.278. The van der Waals surface area contributed by atoms with Gasteiger partial charge >= 0.3 is 0 Å². The van der Waals surface area contributed by atoms with Crippen LogP contribution in [-0.4, -0.2) is 19.6 Å². The Hall–Kier alpha value is -2.20. The van der Waals surface area contributed by atoms with Gasteiger partial charge in [-0.2, -0.15) is 0 Å². The summed E-state index contributed by atoms with van der Waals surface area (Å²) in [6.45, 7) is 0.814. The van der Waals surface area contributed by atoms with Gasteiger partial charge in [-0.1, -0.05) is 29.8 Å². The third kappa shape index (κ3) is 3.59. The lowest BCUT2D eigenvalue weighted by Gasteiger charge is -2.24. The molecule has 120 valence electrons. The zero-order valence-corrected chi connectivity index (χ0v) is 13.6. The summed E-state index contributed by atoms with van der Waals surface area (Å²) in [4.78, 5) is 12.4. The molecule has 3 rings (SSSR count). The molecule has 1 amide bonds. The minimum absolute atomic E-state index is 0.0264. The molecule has 1 aliphatic rings. The van der Waals surface area contributed by atoms with Crippen LogP contribution in [0, 0.1) is 5.92 Å². The maximum atomic E-state index is 12.4. The van der Waals surface area contributed by atoms with Crippen molar-refractivity contribution in [1.29, 1.82) is 0 Å². The van der Waals surface area contributed by atoms with Gasteiger partial charge < -0.3 is 14.8 Å². The zero-order valence-electron chi connectivity index (χ0n) is 12.8. The Morgan fingerprint density at radius 2 is 2.17 bits per heavy atom. The topological polar surface area (TPSA) is 47.6 Å². The largest absolute Gasteiger partial charge is 0.496 e. The number of fused-ring (bicyclic) bond motifs is 1. The standard InChI is InChI=1S/C18H18ClNO3/c1-22-16-5-3-2-4-12(16)10-20-18(21)14-8-13-9-15(19)6-7-17(13)23-11-14/h2-7,9,14H,8,10-11H2,1H3,(H,20,21). The number of ether oxygens (including phenoxy) is 2. The summed E-state index contributed by atoms with van der Waals surface area (Å²) in [5.41, 5.74) is 1.92. The molecule has 1 aliphatic heterocycles. The van der Waals surface area contributed by atoms with E-state index in [1.54, 1.807) is 13.2 Å². The number of benzene rings is 2. The van der Waals surface area contributed by atoms with Gasteiger partial charge in [-0.25, -0.2) is 0 Å². The molecule has 1 heterocycles. The highest BCUT2D eigenvalue weighted by Gasteiger charge is 2.26. The van der Waals surface area contributed by atoms with Crippen molar-refractivity contribution in [3.8, 4) is 11.5 Å². The number of nitrogens with one attached hydrogen (secondary N) is 1. The molecule has 0 radical (unpaired) electrons. The number of hydrogen-bond acceptors (Lipinski definition) is 3. The quantitative estimate of drug-likeness (QED) is 0.935. The van der Waals surface area contributed by atoms with Gasteiger partial charge in [0, 0.05) is 17.1 Å². The number of carbonyl (C=O) groups is 1. The number of para-hydroxylation sites is 1. The second kappa shape index (κ2) is 6.92. The van der Waals surface area contributed by atoms with Crippen LogP contribution in [0.4, 0.5) is 0 Å². The molecule has 4 nitrogen and oxygen atoms in total. The maximum absolute atomic E-state index is 12.4. The van der Waals surface area contributed by atoms with E-state index in [2.05, 4.69) is 5.32 Å². The van der Waals surface area contributed by atoms with Crippen molar-refractivity contribution in [3.05, 3.63) is 58.6 Å². The lowest BCUT2D eigenvalue weighted by atomic mass is 9.96. The van der Waals surface area contributed by atoms with Crippen LogP contribution in [0.15, 0.2) is 42.5 Å². The smallest absolute Gasteiger partial charge is 0.227 e. The molecule has 1 unspecified atom stereocenters. The van der Waals surface area contributed by atoms with Gasteiger partial charge in [0.05, 0.1) is 13.0 Å². The van der Waals surface area contributed by atoms with Crippen molar-refractivity contribution in [3.63, 3.8) is 0 Å². The van der Waals surface area contributed by atoms with E-state index in [-0.39, 0.29) is 11.8 Å². The van der Waals surface area contributed by atoms with E-state index in [9.17, 15) is 4.79 Å². The van der Waals surface area contributed by atoms with Gasteiger partial charge in [-0.3, -0.25) is 4.79 Å². The second-order valence-corrected chi connectivity index (χ2v) is 5.93. The first-order valence-electron chi connectivity index (χ1n) is 7.48. The van der Waals surface area contributed by atoms with Gasteiger partial charge in [0.25, 0.3) is 0 Å². The first-order valence-corrected chi connectivity index (χ1v) is 7.86. The molecule has 0 aromatic heterocycles. The first kappa shape index (κ1) is 15.7. The van der Waals surface area contributed by atoms with Crippen LogP contribution < -0.4 is 14.8 Å². The Morgan fingerprint density at radius 1 is 1.35 bits per heavy atom. The summed E-state index contributed by atoms with van der Waals surface area (Å²) in [7, 11) is 1.62. The van der Waals surface area contributed by atoms with Crippen molar-refractivity contribution < 1.29 is 14.3 Å². The molecule has 0 fully saturated rings. The van der Waals surface area contributed by atoms with Crippen LogP contribution in [0.3, 0.4) is 0 Å². The van der Waals surface area contributed by atoms with Crippen LogP contribution >= 0.6 is 11.6 Å². The summed E-state index contributed by atoms with van der Waals surface area (Å²) >= 11 is 6.01. The minimum atomic E-state index is -0.212. The molecule has 0 spiro atoms. The lowest BCUT2D eigenvalue weighted by Crippen LogP contribution is -2.37. The van der Waals surface area contributed by atoms with Gasteiger partial charge in [0.2, 0.25) is 5.91 Å². The number of halogens is 1. The van der Waals surface area contributed by atoms with E-state index < -0.39 is 0 Å². The third-order valence-corrected chi connectivity index (χ3v) is 4.18. The SMILES string of the molecule is COc1ccccc1CNC(=O)C1COc2ccc(Cl)cc2C1. The van der Waals surface area contributed by atoms with Crippen molar-refractivity contribution >= 4 is 17.5 Å². The average Bonchev–Trinajstić information content (AvgIpc) is 2.59. The third-order valence-electron chi connectivity index (χ3n) is 3.95. The fourth-order valence-electron chi connectivity index (χ4n) is 2.71. The van der Waals surface area contributed by atoms with Crippen molar-refractivity contribution in [2.75, 3.05) is 13.7 Å². The molecule has 0 bridgehead atoms. The van der Waals surface area contributed by atoms with E-state index in [1.807, 2.05) is 36.4 Å². The van der Waals surface area contributed by atoms with Crippen molar-refractivity contribution in [1.82, 2.24) is 5.32 Å². The minimum Gasteiger partial charge on any atom is -0.496 e. The molecule has 0 saturated heterocycles. The van der Waals surface area contributed by atoms with Crippen LogP contribution in [0.2, 0.25) is 5.02 Å². The number of amides is 1. The maximum Gasteiger partial charge on any atom is 0.227 e. The van der Waals surface area contributed by atoms with Crippen LogP contribution in [0.1, 0.15) is 11.1 Å². The molecule has 23 heavy (non-hydrogen) atoms. The Bertz CT molecular complexity index is 717. The normalized spacial score (nSPS) is 16.2. The number of rotatable bonds is 4. The molecule has 1 N–H and O–H groups in total. The monoisotopic (exact) mass is 331 g/mol. The number of carbonyl (C=O) groups excluding carboxylic acids is 1. The summed E-state index contributed by atoms with van der Waals surface area (Å²) < 4.78 is 11.0. The molecule has 1 atom stereocenters. The van der Waals surface area contributed by atoms with Crippen LogP contribution in [0.25, 0.3) is 0 Å². The van der Waals surface area contributed by atoms with Crippen LogP contribution in [0.5, 0.6) is 11.5 Å². The Labute approximate surface area is 140 Å². The summed E-state index contributed by atoms with van der Waals surface area (Å²) in [5, 5.41) is 3.61. The Kier molecular flexibility index (Phi) is 4.72. The first-order chi connectivity index (χ1) is 11.2. The van der Waals surface area contributed by atoms with E-state index in [0.717, 1.165) is 22.6 Å². The zero-order chi connectivity index (χ0) is 16.2. The molecule has 0 saturated carbocycles. The molecule has 2 aromatic rings. The highest BCUT2D eigenvalue weighted by Crippen LogP contribution is 2.30. The predicted octanol–water partition coefficient (Wildman–Crippen LogP) is 3.22. The second-order valence-electron chi connectivity index (χ2n) is 5.49. The van der Waals surface area contributed by atoms with Gasteiger partial charge in [0.1, 0.15) is 18.1 Å². The van der Waals surface area contributed by atoms with Crippen molar-refractivity contribution in [2.24, 2.45) is 5.92 Å². The predicted molar refractivity (Wildman–Crippen MR) is 89.0 cm³/mol. The van der Waals surface area contributed by atoms with E-state index in [1.165, 1.54) is 0 Å². The Balaban J connectivity index is 1.63. The summed E-state index contributed by atoms with van der Waals surface area (Å²) in [6, 6.07) is 13.1. The van der Waals surface area contributed by atoms with Gasteiger partial charge in [-0.15, -0.1) is 0 Å². The molecule has 0 aliphatic carbocycles. The molecular weight excluding hydrogens is 314 g/mol. The van der Waals surface area contributed by atoms with E-state index >= 15 is 0 Å². The summed E-state index contributed by atoms with van der Waals surface area (Å²) in [6.07, 6.45) is 0.633. The highest BCUT2D eigenvalue weighted by atomic mass is 35.5. The molecular formula is C18H18ClNO3. The van der Waals surface area contributed by atoms with Gasteiger partial charge in [-0.05, 0) is 36.2 Å². The fourth-order valence-corrected chi connectivity index (χ4v) is 2.90. The molecule has 5 heteroatoms. The van der Waals surface area contributed by atoms with E-state index in [0.29, 0.717) is 24.6 Å². The van der Waals surface area contributed by atoms with Crippen LogP contribution in [-0.2, 0) is 17.8 Å². The highest BCUT2D eigenvalue weighted by molar-refractivity contribution is 6.30. The van der Waals surface area contributed by atoms with Crippen molar-refractivity contribution in [2.45, 2.75) is 13.0 Å². The van der Waals surface area contributed by atoms with Gasteiger partial charge in [0.15, 0.2) is 0 Å². The summed E-state index contributed by atoms with van der Waals surface area (Å²) in [5.74, 6) is 1.34.